The number of ether oxygens (including phenoxy) is 1. The van der Waals surface area contributed by atoms with Crippen LogP contribution < -0.4 is 10.1 Å². The highest BCUT2D eigenvalue weighted by Crippen LogP contribution is 2.20. The molecule has 104 valence electrons. The van der Waals surface area contributed by atoms with Gasteiger partial charge < -0.3 is 10.1 Å². The average molecular weight is 289 g/mol. The van der Waals surface area contributed by atoms with Crippen LogP contribution in [0, 0.1) is 0 Å². The van der Waals surface area contributed by atoms with E-state index in [1.165, 1.54) is 0 Å². The van der Waals surface area contributed by atoms with Crippen molar-refractivity contribution < 1.29 is 9.53 Å². The molecule has 3 rings (SSSR count). The number of nitrogens with one attached hydrogen (secondary N) is 1. The van der Waals surface area contributed by atoms with Gasteiger partial charge in [0, 0.05) is 29.6 Å². The lowest BCUT2D eigenvalue weighted by Gasteiger charge is -2.13. The molecule has 1 aliphatic rings. The Morgan fingerprint density at radius 2 is 2.20 bits per heavy atom. The van der Waals surface area contributed by atoms with Crippen molar-refractivity contribution >= 4 is 23.4 Å². The quantitative estimate of drug-likeness (QED) is 0.883. The van der Waals surface area contributed by atoms with Crippen LogP contribution in [-0.2, 0) is 6.54 Å². The molecule has 6 heteroatoms. The molecule has 5 nitrogen and oxygen atoms in total. The van der Waals surface area contributed by atoms with E-state index in [-0.39, 0.29) is 5.91 Å². The Labute approximate surface area is 121 Å². The highest BCUT2D eigenvalue weighted by atomic mass is 32.2. The zero-order chi connectivity index (χ0) is 13.9. The van der Waals surface area contributed by atoms with Crippen LogP contribution in [0.25, 0.3) is 0 Å². The molecule has 1 N–H and O–H groups in total. The third-order valence-corrected chi connectivity index (χ3v) is 3.83. The number of anilines is 1. The van der Waals surface area contributed by atoms with Gasteiger partial charge in [0.25, 0.3) is 5.91 Å². The van der Waals surface area contributed by atoms with E-state index in [2.05, 4.69) is 10.4 Å². The van der Waals surface area contributed by atoms with E-state index >= 15 is 0 Å². The predicted octanol–water partition coefficient (Wildman–Crippen LogP) is 2.64. The first-order valence-electron chi connectivity index (χ1n) is 6.42. The van der Waals surface area contributed by atoms with Crippen molar-refractivity contribution in [3.8, 4) is 5.88 Å². The second-order valence-corrected chi connectivity index (χ2v) is 5.36. The van der Waals surface area contributed by atoms with Gasteiger partial charge >= 0.3 is 0 Å². The maximum Gasteiger partial charge on any atom is 0.276 e. The van der Waals surface area contributed by atoms with Crippen molar-refractivity contribution in [2.75, 3.05) is 18.2 Å². The molecule has 0 fully saturated rings. The molecule has 2 heterocycles. The Hall–Kier alpha value is -1.95. The molecule has 20 heavy (non-hydrogen) atoms. The van der Waals surface area contributed by atoms with Crippen LogP contribution in [0.15, 0.2) is 35.2 Å². The molecule has 2 aromatic rings. The first kappa shape index (κ1) is 13.1. The smallest absolute Gasteiger partial charge is 0.276 e. The highest BCUT2D eigenvalue weighted by Gasteiger charge is 2.17. The number of aryl methyl sites for hydroxylation is 1. The van der Waals surface area contributed by atoms with Gasteiger partial charge in [-0.3, -0.25) is 4.79 Å². The molecular formula is C14H15N3O2S. The SMILES string of the molecule is CSc1ccc(NC(=O)c2cc3n(n2)CCCO3)cc1. The van der Waals surface area contributed by atoms with Crippen LogP contribution in [0.5, 0.6) is 5.88 Å². The number of hydrogen-bond donors (Lipinski definition) is 1. The van der Waals surface area contributed by atoms with Crippen molar-refractivity contribution in [3.63, 3.8) is 0 Å². The second kappa shape index (κ2) is 5.58. The lowest BCUT2D eigenvalue weighted by molar-refractivity contribution is 0.102. The fourth-order valence-electron chi connectivity index (χ4n) is 2.05. The number of nitrogens with zero attached hydrogens (tertiary/aromatic N) is 2. The van der Waals surface area contributed by atoms with E-state index in [1.54, 1.807) is 22.5 Å². The number of carbonyl (C=O) groups excluding carboxylic acids is 1. The molecule has 1 aliphatic heterocycles. The Morgan fingerprint density at radius 3 is 2.90 bits per heavy atom. The molecule has 1 aromatic heterocycles. The Kier molecular flexibility index (Phi) is 3.64. The molecule has 0 radical (unpaired) electrons. The summed E-state index contributed by atoms with van der Waals surface area (Å²) in [5, 5.41) is 7.10. The molecule has 0 unspecified atom stereocenters. The molecule has 0 saturated heterocycles. The fraction of sp³-hybridized carbons (Fsp3) is 0.286. The standard InChI is InChI=1S/C14H15N3O2S/c1-20-11-5-3-10(4-6-11)15-14(18)12-9-13-17(16-12)7-2-8-19-13/h3-6,9H,2,7-8H2,1H3,(H,15,18). The lowest BCUT2D eigenvalue weighted by atomic mass is 10.3. The van der Waals surface area contributed by atoms with Gasteiger partial charge in [-0.1, -0.05) is 0 Å². The molecular weight excluding hydrogens is 274 g/mol. The van der Waals surface area contributed by atoms with Gasteiger partial charge in [0.05, 0.1) is 6.61 Å². The van der Waals surface area contributed by atoms with Crippen LogP contribution in [0.1, 0.15) is 16.9 Å². The number of amides is 1. The van der Waals surface area contributed by atoms with E-state index in [4.69, 9.17) is 4.74 Å². The van der Waals surface area contributed by atoms with Crippen LogP contribution >= 0.6 is 11.8 Å². The lowest BCUT2D eigenvalue weighted by Crippen LogP contribution is -2.16. The summed E-state index contributed by atoms with van der Waals surface area (Å²) in [5.41, 5.74) is 1.15. The van der Waals surface area contributed by atoms with E-state index in [9.17, 15) is 4.79 Å². The molecule has 1 aromatic carbocycles. The van der Waals surface area contributed by atoms with Gasteiger partial charge in [0.15, 0.2) is 5.69 Å². The average Bonchev–Trinajstić information content (AvgIpc) is 2.92. The number of thioether (sulfide) groups is 1. The number of hydrogen-bond acceptors (Lipinski definition) is 4. The number of aromatic nitrogens is 2. The van der Waals surface area contributed by atoms with Crippen molar-refractivity contribution in [1.82, 2.24) is 9.78 Å². The van der Waals surface area contributed by atoms with Gasteiger partial charge in [-0.25, -0.2) is 4.68 Å². The number of carbonyl (C=O) groups is 1. The Morgan fingerprint density at radius 1 is 1.40 bits per heavy atom. The first-order chi connectivity index (χ1) is 9.76. The van der Waals surface area contributed by atoms with Crippen molar-refractivity contribution in [3.05, 3.63) is 36.0 Å². The summed E-state index contributed by atoms with van der Waals surface area (Å²) in [7, 11) is 0. The summed E-state index contributed by atoms with van der Waals surface area (Å²) in [5.74, 6) is 0.450. The van der Waals surface area contributed by atoms with E-state index in [1.807, 2.05) is 30.5 Å². The Balaban J connectivity index is 1.73. The minimum Gasteiger partial charge on any atom is -0.478 e. The van der Waals surface area contributed by atoms with Crippen LogP contribution in [0.3, 0.4) is 0 Å². The summed E-state index contributed by atoms with van der Waals surface area (Å²) in [6.07, 6.45) is 2.94. The van der Waals surface area contributed by atoms with E-state index in [0.29, 0.717) is 18.2 Å². The zero-order valence-corrected chi connectivity index (χ0v) is 11.9. The second-order valence-electron chi connectivity index (χ2n) is 4.48. The summed E-state index contributed by atoms with van der Waals surface area (Å²) in [6, 6.07) is 9.40. The van der Waals surface area contributed by atoms with Gasteiger partial charge in [-0.05, 0) is 30.5 Å². The minimum absolute atomic E-state index is 0.215. The van der Waals surface area contributed by atoms with Crippen LogP contribution in [0.2, 0.25) is 0 Å². The monoisotopic (exact) mass is 289 g/mol. The van der Waals surface area contributed by atoms with Gasteiger partial charge in [-0.15, -0.1) is 11.8 Å². The summed E-state index contributed by atoms with van der Waals surface area (Å²) in [6.45, 7) is 1.48. The normalized spacial score (nSPS) is 13.4. The number of benzene rings is 1. The summed E-state index contributed by atoms with van der Waals surface area (Å²) in [4.78, 5) is 13.3. The van der Waals surface area contributed by atoms with Crippen molar-refractivity contribution in [2.24, 2.45) is 0 Å². The molecule has 0 spiro atoms. The molecule has 0 atom stereocenters. The fourth-order valence-corrected chi connectivity index (χ4v) is 2.46. The Bertz CT molecular complexity index is 598. The molecule has 0 bridgehead atoms. The van der Waals surface area contributed by atoms with Gasteiger partial charge in [0.2, 0.25) is 5.88 Å². The summed E-state index contributed by atoms with van der Waals surface area (Å²) >= 11 is 1.67. The maximum absolute atomic E-state index is 12.1. The molecule has 1 amide bonds. The minimum atomic E-state index is -0.215. The maximum atomic E-state index is 12.1. The van der Waals surface area contributed by atoms with Crippen molar-refractivity contribution in [1.29, 1.82) is 0 Å². The highest BCUT2D eigenvalue weighted by molar-refractivity contribution is 7.98. The largest absolute Gasteiger partial charge is 0.478 e. The third kappa shape index (κ3) is 2.65. The third-order valence-electron chi connectivity index (χ3n) is 3.09. The van der Waals surface area contributed by atoms with Crippen LogP contribution in [-0.4, -0.2) is 28.6 Å². The first-order valence-corrected chi connectivity index (χ1v) is 7.65. The van der Waals surface area contributed by atoms with Crippen LogP contribution in [0.4, 0.5) is 5.69 Å². The van der Waals surface area contributed by atoms with E-state index < -0.39 is 0 Å². The molecule has 0 aliphatic carbocycles. The number of rotatable bonds is 3. The summed E-state index contributed by atoms with van der Waals surface area (Å²) < 4.78 is 7.18. The van der Waals surface area contributed by atoms with E-state index in [0.717, 1.165) is 23.5 Å². The van der Waals surface area contributed by atoms with Gasteiger partial charge in [-0.2, -0.15) is 5.10 Å². The number of fused-ring (bicyclic) bond motifs is 1. The molecule has 0 saturated carbocycles. The predicted molar refractivity (Wildman–Crippen MR) is 78.5 cm³/mol. The van der Waals surface area contributed by atoms with Gasteiger partial charge in [0.1, 0.15) is 0 Å². The topological polar surface area (TPSA) is 56.2 Å². The van der Waals surface area contributed by atoms with Crippen molar-refractivity contribution in [2.45, 2.75) is 17.9 Å². The zero-order valence-electron chi connectivity index (χ0n) is 11.1.